The lowest BCUT2D eigenvalue weighted by molar-refractivity contribution is 0.166. The molecule has 1 atom stereocenters. The Balaban J connectivity index is 1.92. The molecular weight excluding hydrogens is 269 g/mol. The van der Waals surface area contributed by atoms with E-state index in [0.29, 0.717) is 30.6 Å². The Hall–Kier alpha value is -1.29. The molecule has 3 rings (SSSR count). The lowest BCUT2D eigenvalue weighted by atomic mass is 9.92. The molecular formula is C17H24FNO2. The maximum Gasteiger partial charge on any atom is 0.164 e. The van der Waals surface area contributed by atoms with Crippen LogP contribution in [-0.2, 0) is 12.1 Å². The number of hydrogen-bond donors (Lipinski definition) is 1. The molecule has 4 heteroatoms. The van der Waals surface area contributed by atoms with Crippen molar-refractivity contribution in [3.63, 3.8) is 0 Å². The number of hydrogen-bond acceptors (Lipinski definition) is 3. The smallest absolute Gasteiger partial charge is 0.164 e. The normalized spacial score (nSPS) is 22.1. The Morgan fingerprint density at radius 1 is 1.24 bits per heavy atom. The highest BCUT2D eigenvalue weighted by Gasteiger charge is 2.26. The number of piperidine rings is 1. The second-order valence-corrected chi connectivity index (χ2v) is 6.48. The first kappa shape index (κ1) is 14.6. The number of halogens is 1. The largest absolute Gasteiger partial charge is 0.486 e. The Kier molecular flexibility index (Phi) is 4.07. The van der Waals surface area contributed by atoms with Gasteiger partial charge < -0.3 is 14.8 Å². The number of ether oxygens (including phenoxy) is 2. The van der Waals surface area contributed by atoms with Gasteiger partial charge >= 0.3 is 0 Å². The number of alkyl halides is 1. The number of rotatable bonds is 3. The van der Waals surface area contributed by atoms with Gasteiger partial charge in [0.05, 0.1) is 0 Å². The van der Waals surface area contributed by atoms with Crippen LogP contribution in [0.4, 0.5) is 4.39 Å². The fourth-order valence-electron chi connectivity index (χ4n) is 3.08. The van der Waals surface area contributed by atoms with Crippen LogP contribution in [0.2, 0.25) is 0 Å². The van der Waals surface area contributed by atoms with Crippen LogP contribution in [-0.4, -0.2) is 25.8 Å². The van der Waals surface area contributed by atoms with E-state index in [1.165, 1.54) is 19.3 Å². The number of nitrogens with one attached hydrogen (secondary N) is 1. The first-order valence-electron chi connectivity index (χ1n) is 7.89. The van der Waals surface area contributed by atoms with E-state index >= 15 is 0 Å². The Morgan fingerprint density at radius 3 is 2.76 bits per heavy atom. The fourth-order valence-corrected chi connectivity index (χ4v) is 3.08. The summed E-state index contributed by atoms with van der Waals surface area (Å²) in [5.74, 6) is 1.50. The molecule has 2 aliphatic heterocycles. The van der Waals surface area contributed by atoms with Crippen molar-refractivity contribution in [3.05, 3.63) is 23.3 Å². The number of benzene rings is 1. The SMILES string of the molecule is CC(C)(F)c1cc(CC2CCCCN2)c2c(c1)OCCO2. The van der Waals surface area contributed by atoms with Crippen LogP contribution in [0.3, 0.4) is 0 Å². The minimum atomic E-state index is -1.37. The summed E-state index contributed by atoms with van der Waals surface area (Å²) in [5, 5.41) is 3.54. The second kappa shape index (κ2) is 5.84. The Labute approximate surface area is 125 Å². The van der Waals surface area contributed by atoms with E-state index in [9.17, 15) is 4.39 Å². The molecule has 2 heterocycles. The van der Waals surface area contributed by atoms with Crippen LogP contribution in [0.5, 0.6) is 11.5 Å². The zero-order valence-electron chi connectivity index (χ0n) is 12.9. The number of fused-ring (bicyclic) bond motifs is 1. The van der Waals surface area contributed by atoms with Gasteiger partial charge in [0.1, 0.15) is 18.9 Å². The quantitative estimate of drug-likeness (QED) is 0.927. The van der Waals surface area contributed by atoms with Gasteiger partial charge in [-0.3, -0.25) is 0 Å². The second-order valence-electron chi connectivity index (χ2n) is 6.48. The molecule has 1 unspecified atom stereocenters. The summed E-state index contributed by atoms with van der Waals surface area (Å²) in [6, 6.07) is 4.18. The highest BCUT2D eigenvalue weighted by Crippen LogP contribution is 2.40. The third-order valence-electron chi connectivity index (χ3n) is 4.28. The van der Waals surface area contributed by atoms with E-state index in [0.717, 1.165) is 24.3 Å². The minimum absolute atomic E-state index is 0.450. The van der Waals surface area contributed by atoms with Gasteiger partial charge in [-0.25, -0.2) is 4.39 Å². The molecule has 3 nitrogen and oxygen atoms in total. The van der Waals surface area contributed by atoms with Gasteiger partial charge in [0.25, 0.3) is 0 Å². The Morgan fingerprint density at radius 2 is 2.05 bits per heavy atom. The highest BCUT2D eigenvalue weighted by molar-refractivity contribution is 5.51. The third-order valence-corrected chi connectivity index (χ3v) is 4.28. The van der Waals surface area contributed by atoms with Crippen molar-refractivity contribution in [2.45, 2.75) is 51.2 Å². The van der Waals surface area contributed by atoms with Crippen molar-refractivity contribution in [3.8, 4) is 11.5 Å². The van der Waals surface area contributed by atoms with Gasteiger partial charge in [-0.15, -0.1) is 0 Å². The maximum atomic E-state index is 14.3. The van der Waals surface area contributed by atoms with E-state index in [4.69, 9.17) is 9.47 Å². The lowest BCUT2D eigenvalue weighted by Gasteiger charge is -2.28. The molecule has 1 saturated heterocycles. The van der Waals surface area contributed by atoms with Gasteiger partial charge in [-0.05, 0) is 62.9 Å². The van der Waals surface area contributed by atoms with Crippen LogP contribution in [0.25, 0.3) is 0 Å². The zero-order chi connectivity index (χ0) is 14.9. The molecule has 0 aromatic heterocycles. The van der Waals surface area contributed by atoms with Crippen molar-refractivity contribution in [1.29, 1.82) is 0 Å². The Bertz CT molecular complexity index is 504. The topological polar surface area (TPSA) is 30.5 Å². The molecule has 0 radical (unpaired) electrons. The van der Waals surface area contributed by atoms with Crippen molar-refractivity contribution in [2.24, 2.45) is 0 Å². The molecule has 2 aliphatic rings. The predicted octanol–water partition coefficient (Wildman–Crippen LogP) is 3.35. The zero-order valence-corrected chi connectivity index (χ0v) is 12.9. The summed E-state index contributed by atoms with van der Waals surface area (Å²) in [6.07, 6.45) is 4.53. The molecule has 0 saturated carbocycles. The molecule has 1 fully saturated rings. The van der Waals surface area contributed by atoms with Gasteiger partial charge in [0, 0.05) is 6.04 Å². The fraction of sp³-hybridized carbons (Fsp3) is 0.647. The molecule has 1 aromatic rings. The first-order chi connectivity index (χ1) is 10.0. The lowest BCUT2D eigenvalue weighted by Crippen LogP contribution is -2.36. The van der Waals surface area contributed by atoms with E-state index in [1.54, 1.807) is 19.9 Å². The van der Waals surface area contributed by atoms with Crippen LogP contribution in [0, 0.1) is 0 Å². The summed E-state index contributed by atoms with van der Waals surface area (Å²) >= 11 is 0. The monoisotopic (exact) mass is 293 g/mol. The van der Waals surface area contributed by atoms with E-state index in [1.807, 2.05) is 6.07 Å². The molecule has 0 aliphatic carbocycles. The molecule has 1 aromatic carbocycles. The summed E-state index contributed by atoms with van der Waals surface area (Å²) < 4.78 is 25.8. The van der Waals surface area contributed by atoms with Crippen molar-refractivity contribution in [2.75, 3.05) is 19.8 Å². The van der Waals surface area contributed by atoms with E-state index in [-0.39, 0.29) is 0 Å². The average molecular weight is 293 g/mol. The average Bonchev–Trinajstić information content (AvgIpc) is 2.47. The van der Waals surface area contributed by atoms with Crippen LogP contribution < -0.4 is 14.8 Å². The van der Waals surface area contributed by atoms with Crippen LogP contribution >= 0.6 is 0 Å². The molecule has 1 N–H and O–H groups in total. The molecule has 0 spiro atoms. The predicted molar refractivity (Wildman–Crippen MR) is 80.9 cm³/mol. The van der Waals surface area contributed by atoms with Gasteiger partial charge in [0.15, 0.2) is 11.5 Å². The minimum Gasteiger partial charge on any atom is -0.486 e. The summed E-state index contributed by atoms with van der Waals surface area (Å²) in [4.78, 5) is 0. The maximum absolute atomic E-state index is 14.3. The van der Waals surface area contributed by atoms with Crippen molar-refractivity contribution >= 4 is 0 Å². The van der Waals surface area contributed by atoms with Crippen LogP contribution in [0.1, 0.15) is 44.2 Å². The van der Waals surface area contributed by atoms with Crippen molar-refractivity contribution in [1.82, 2.24) is 5.32 Å². The van der Waals surface area contributed by atoms with Gasteiger partial charge in [0.2, 0.25) is 0 Å². The molecule has 0 amide bonds. The van der Waals surface area contributed by atoms with E-state index in [2.05, 4.69) is 5.32 Å². The standard InChI is InChI=1S/C17H24FNO2/c1-17(2,18)13-9-12(10-14-5-3-4-6-19-14)16-15(11-13)20-7-8-21-16/h9,11,14,19H,3-8,10H2,1-2H3. The van der Waals surface area contributed by atoms with E-state index < -0.39 is 5.67 Å². The summed E-state index contributed by atoms with van der Waals surface area (Å²) in [5.41, 5.74) is 0.356. The van der Waals surface area contributed by atoms with Gasteiger partial charge in [-0.2, -0.15) is 0 Å². The highest BCUT2D eigenvalue weighted by atomic mass is 19.1. The van der Waals surface area contributed by atoms with Crippen molar-refractivity contribution < 1.29 is 13.9 Å². The molecule has 116 valence electrons. The summed E-state index contributed by atoms with van der Waals surface area (Å²) in [6.45, 7) is 5.33. The molecule has 0 bridgehead atoms. The first-order valence-corrected chi connectivity index (χ1v) is 7.89. The molecule has 21 heavy (non-hydrogen) atoms. The summed E-state index contributed by atoms with van der Waals surface area (Å²) in [7, 11) is 0. The third kappa shape index (κ3) is 3.31. The van der Waals surface area contributed by atoms with Gasteiger partial charge in [-0.1, -0.05) is 6.42 Å². The van der Waals surface area contributed by atoms with Crippen LogP contribution in [0.15, 0.2) is 12.1 Å².